The van der Waals surface area contributed by atoms with Crippen LogP contribution in [0, 0.1) is 0 Å². The number of carbonyl (C=O) groups excluding carboxylic acids is 2. The van der Waals surface area contributed by atoms with E-state index >= 15 is 0 Å². The van der Waals surface area contributed by atoms with Crippen LogP contribution in [-0.2, 0) is 22.4 Å². The van der Waals surface area contributed by atoms with Crippen LogP contribution in [0.1, 0.15) is 32.2 Å². The van der Waals surface area contributed by atoms with Gasteiger partial charge in [0.15, 0.2) is 12.2 Å². The van der Waals surface area contributed by atoms with Crippen molar-refractivity contribution in [1.82, 2.24) is 24.9 Å². The third-order valence-electron chi connectivity index (χ3n) is 4.77. The highest BCUT2D eigenvalue weighted by molar-refractivity contribution is 6.04. The molecular formula is C17H26N6O3. The van der Waals surface area contributed by atoms with Gasteiger partial charge >= 0.3 is 6.03 Å². The van der Waals surface area contributed by atoms with E-state index in [-0.39, 0.29) is 5.91 Å². The Balaban J connectivity index is 2.01. The molecule has 1 aromatic heterocycles. The number of aryl methyl sites for hydroxylation is 2. The molecule has 2 unspecified atom stereocenters. The van der Waals surface area contributed by atoms with Crippen molar-refractivity contribution in [3.63, 3.8) is 0 Å². The number of aliphatic imine (C=N–C) groups is 1. The summed E-state index contributed by atoms with van der Waals surface area (Å²) < 4.78 is 7.29. The number of imide groups is 1. The van der Waals surface area contributed by atoms with E-state index in [9.17, 15) is 9.59 Å². The Morgan fingerprint density at radius 2 is 2.00 bits per heavy atom. The second kappa shape index (κ2) is 7.45. The van der Waals surface area contributed by atoms with Crippen molar-refractivity contribution in [2.45, 2.75) is 45.8 Å². The number of ether oxygens (including phenoxy) is 1. The molecule has 2 aliphatic rings. The molecule has 0 radical (unpaired) electrons. The minimum atomic E-state index is -0.577. The van der Waals surface area contributed by atoms with Crippen molar-refractivity contribution in [1.29, 1.82) is 0 Å². The van der Waals surface area contributed by atoms with E-state index in [2.05, 4.69) is 30.3 Å². The summed E-state index contributed by atoms with van der Waals surface area (Å²) in [6.45, 7) is 7.59. The molecule has 142 valence electrons. The van der Waals surface area contributed by atoms with Gasteiger partial charge in [0.2, 0.25) is 5.96 Å². The Labute approximate surface area is 153 Å². The van der Waals surface area contributed by atoms with Crippen molar-refractivity contribution in [3.05, 3.63) is 17.5 Å². The van der Waals surface area contributed by atoms with E-state index in [4.69, 9.17) is 9.73 Å². The number of urea groups is 1. The Kier molecular flexibility index (Phi) is 5.26. The lowest BCUT2D eigenvalue weighted by atomic mass is 10.1. The number of carbonyl (C=O) groups is 2. The summed E-state index contributed by atoms with van der Waals surface area (Å²) in [7, 11) is 1.65. The third kappa shape index (κ3) is 3.07. The lowest BCUT2D eigenvalue weighted by Gasteiger charge is -2.36. The molecule has 0 bridgehead atoms. The van der Waals surface area contributed by atoms with Crippen LogP contribution in [0.4, 0.5) is 4.79 Å². The van der Waals surface area contributed by atoms with Gasteiger partial charge in [-0.2, -0.15) is 5.10 Å². The Morgan fingerprint density at radius 3 is 2.65 bits per heavy atom. The van der Waals surface area contributed by atoms with Crippen LogP contribution in [0.2, 0.25) is 0 Å². The van der Waals surface area contributed by atoms with Gasteiger partial charge in [0.05, 0.1) is 12.3 Å². The summed E-state index contributed by atoms with van der Waals surface area (Å²) in [4.78, 5) is 32.6. The number of fused-ring (bicyclic) bond motifs is 1. The maximum atomic E-state index is 12.5. The van der Waals surface area contributed by atoms with Crippen molar-refractivity contribution < 1.29 is 14.3 Å². The third-order valence-corrected chi connectivity index (χ3v) is 4.77. The van der Waals surface area contributed by atoms with Crippen LogP contribution in [0.5, 0.6) is 0 Å². The van der Waals surface area contributed by atoms with Gasteiger partial charge in [-0.3, -0.25) is 10.1 Å². The van der Waals surface area contributed by atoms with Crippen molar-refractivity contribution >= 4 is 17.9 Å². The smallest absolute Gasteiger partial charge is 0.325 e. The molecule has 3 rings (SSSR count). The standard InChI is InChI=1S/C17H26N6O3/c1-5-11-10-12(6-2)23(20-11)16-18-14-13(22(16)8-9-26-7-3)15(24)19-17(25)21(14)4/h10,13-14H,5-9H2,1-4H3,(H,19,24,25). The lowest BCUT2D eigenvalue weighted by molar-refractivity contribution is -0.127. The topological polar surface area (TPSA) is 92.1 Å². The highest BCUT2D eigenvalue weighted by Gasteiger charge is 2.49. The molecule has 0 aromatic carbocycles. The molecule has 0 saturated carbocycles. The fraction of sp³-hybridized carbons (Fsp3) is 0.647. The van der Waals surface area contributed by atoms with Gasteiger partial charge in [-0.15, -0.1) is 0 Å². The lowest BCUT2D eigenvalue weighted by Crippen LogP contribution is -2.64. The molecular weight excluding hydrogens is 336 g/mol. The Bertz CT molecular complexity index is 728. The summed E-state index contributed by atoms with van der Waals surface area (Å²) >= 11 is 0. The van der Waals surface area contributed by atoms with E-state index in [0.29, 0.717) is 25.7 Å². The average Bonchev–Trinajstić information content (AvgIpc) is 3.21. The summed E-state index contributed by atoms with van der Waals surface area (Å²) in [5, 5.41) is 7.06. The number of nitrogens with one attached hydrogen (secondary N) is 1. The number of rotatable bonds is 6. The number of amides is 3. The van der Waals surface area contributed by atoms with Gasteiger partial charge in [-0.25, -0.2) is 14.5 Å². The molecule has 2 atom stereocenters. The number of hydrogen-bond donors (Lipinski definition) is 1. The molecule has 1 saturated heterocycles. The normalized spacial score (nSPS) is 22.5. The van der Waals surface area contributed by atoms with Gasteiger partial charge in [-0.05, 0) is 25.8 Å². The highest BCUT2D eigenvalue weighted by atomic mass is 16.5. The first-order chi connectivity index (χ1) is 12.5. The molecule has 0 spiro atoms. The first-order valence-electron chi connectivity index (χ1n) is 9.09. The molecule has 3 heterocycles. The molecule has 3 amide bonds. The monoisotopic (exact) mass is 362 g/mol. The second-order valence-corrected chi connectivity index (χ2v) is 6.33. The van der Waals surface area contributed by atoms with Gasteiger partial charge in [0, 0.05) is 25.9 Å². The first-order valence-corrected chi connectivity index (χ1v) is 9.09. The van der Waals surface area contributed by atoms with Gasteiger partial charge in [-0.1, -0.05) is 13.8 Å². The van der Waals surface area contributed by atoms with Crippen LogP contribution < -0.4 is 5.32 Å². The maximum absolute atomic E-state index is 12.5. The fourth-order valence-corrected chi connectivity index (χ4v) is 3.31. The fourth-order valence-electron chi connectivity index (χ4n) is 3.31. The largest absolute Gasteiger partial charge is 0.380 e. The van der Waals surface area contributed by atoms with Crippen LogP contribution >= 0.6 is 0 Å². The number of hydrogen-bond acceptors (Lipinski definition) is 6. The molecule has 9 heteroatoms. The van der Waals surface area contributed by atoms with Gasteiger partial charge in [0.1, 0.15) is 0 Å². The van der Waals surface area contributed by atoms with Crippen LogP contribution in [0.3, 0.4) is 0 Å². The number of likely N-dealkylation sites (N-methyl/N-ethyl adjacent to an activating group) is 1. The Hall–Kier alpha value is -2.42. The van der Waals surface area contributed by atoms with Crippen LogP contribution in [0.15, 0.2) is 11.1 Å². The Morgan fingerprint density at radius 1 is 1.23 bits per heavy atom. The minimum Gasteiger partial charge on any atom is -0.380 e. The summed E-state index contributed by atoms with van der Waals surface area (Å²) in [6, 6.07) is 1.05. The minimum absolute atomic E-state index is 0.339. The second-order valence-electron chi connectivity index (χ2n) is 6.33. The van der Waals surface area contributed by atoms with E-state index in [1.54, 1.807) is 11.7 Å². The molecule has 0 aliphatic carbocycles. The summed E-state index contributed by atoms with van der Waals surface area (Å²) in [5.41, 5.74) is 1.99. The predicted octanol–water partition coefficient (Wildman–Crippen LogP) is 0.440. The number of nitrogens with zero attached hydrogens (tertiary/aromatic N) is 5. The van der Waals surface area contributed by atoms with Crippen LogP contribution in [-0.4, -0.2) is 76.5 Å². The van der Waals surface area contributed by atoms with Gasteiger partial charge < -0.3 is 14.5 Å². The van der Waals surface area contributed by atoms with Crippen molar-refractivity contribution in [2.24, 2.45) is 4.99 Å². The molecule has 1 aromatic rings. The van der Waals surface area contributed by atoms with Crippen molar-refractivity contribution in [3.8, 4) is 0 Å². The van der Waals surface area contributed by atoms with Crippen LogP contribution in [0.25, 0.3) is 0 Å². The zero-order valence-electron chi connectivity index (χ0n) is 15.7. The quantitative estimate of drug-likeness (QED) is 0.742. The number of aromatic nitrogens is 2. The first kappa shape index (κ1) is 18.4. The van der Waals surface area contributed by atoms with Crippen molar-refractivity contribution in [2.75, 3.05) is 26.8 Å². The predicted molar refractivity (Wildman–Crippen MR) is 95.9 cm³/mol. The molecule has 1 fully saturated rings. The zero-order valence-corrected chi connectivity index (χ0v) is 15.7. The SMILES string of the molecule is CCOCCN1C(n2nc(CC)cc2CC)=NC2C1C(=O)NC(=O)N2C. The molecule has 9 nitrogen and oxygen atoms in total. The molecule has 26 heavy (non-hydrogen) atoms. The average molecular weight is 362 g/mol. The van der Waals surface area contributed by atoms with E-state index in [1.165, 1.54) is 4.90 Å². The maximum Gasteiger partial charge on any atom is 0.325 e. The van der Waals surface area contributed by atoms with E-state index in [1.807, 2.05) is 11.8 Å². The molecule has 1 N–H and O–H groups in total. The van der Waals surface area contributed by atoms with Gasteiger partial charge in [0.25, 0.3) is 5.91 Å². The summed E-state index contributed by atoms with van der Waals surface area (Å²) in [6.07, 6.45) is 1.05. The summed E-state index contributed by atoms with van der Waals surface area (Å²) in [5.74, 6) is 0.252. The van der Waals surface area contributed by atoms with E-state index < -0.39 is 18.2 Å². The molecule has 2 aliphatic heterocycles. The zero-order chi connectivity index (χ0) is 18.8. The van der Waals surface area contributed by atoms with E-state index in [0.717, 1.165) is 24.2 Å². The highest BCUT2D eigenvalue weighted by Crippen LogP contribution is 2.25.